The zero-order chi connectivity index (χ0) is 10.6. The Morgan fingerprint density at radius 2 is 2.07 bits per heavy atom. The summed E-state index contributed by atoms with van der Waals surface area (Å²) >= 11 is 0. The van der Waals surface area contributed by atoms with E-state index in [9.17, 15) is 8.78 Å². The van der Waals surface area contributed by atoms with Crippen LogP contribution in [0.5, 0.6) is 5.75 Å². The van der Waals surface area contributed by atoms with E-state index in [4.69, 9.17) is 9.47 Å². The van der Waals surface area contributed by atoms with E-state index >= 15 is 0 Å². The van der Waals surface area contributed by atoms with Crippen LogP contribution in [-0.2, 0) is 4.74 Å². The third-order valence-corrected chi connectivity index (χ3v) is 1.62. The maximum atomic E-state index is 13.0. The first-order valence-corrected chi connectivity index (χ1v) is 4.09. The average molecular weight is 203 g/mol. The lowest BCUT2D eigenvalue weighted by atomic mass is 10.3. The van der Waals surface area contributed by atoms with Gasteiger partial charge in [0.1, 0.15) is 12.4 Å². The molecule has 0 bridgehead atoms. The maximum absolute atomic E-state index is 13.0. The van der Waals surface area contributed by atoms with Crippen LogP contribution in [0.4, 0.5) is 8.78 Å². The van der Waals surface area contributed by atoms with Crippen LogP contribution in [-0.4, -0.2) is 25.3 Å². The van der Waals surface area contributed by atoms with E-state index < -0.39 is 11.8 Å². The van der Waals surface area contributed by atoms with Crippen LogP contribution >= 0.6 is 0 Å². The van der Waals surface area contributed by atoms with Crippen LogP contribution in [0, 0.1) is 18.7 Å². The van der Waals surface area contributed by atoms with Crippen LogP contribution in [0.2, 0.25) is 0 Å². The smallest absolute Gasteiger partial charge is 0.255 e. The Labute approximate surface area is 80.7 Å². The lowest BCUT2D eigenvalue weighted by Gasteiger charge is -2.06. The number of hydrogen-bond acceptors (Lipinski definition) is 3. The Morgan fingerprint density at radius 3 is 2.71 bits per heavy atom. The molecule has 0 saturated carbocycles. The molecule has 0 aromatic carbocycles. The Balaban J connectivity index is 2.72. The van der Waals surface area contributed by atoms with Crippen molar-refractivity contribution in [2.24, 2.45) is 0 Å². The number of halogens is 2. The summed E-state index contributed by atoms with van der Waals surface area (Å²) in [5.74, 6) is -1.58. The van der Waals surface area contributed by atoms with Crippen molar-refractivity contribution in [3.63, 3.8) is 0 Å². The van der Waals surface area contributed by atoms with E-state index in [2.05, 4.69) is 4.98 Å². The van der Waals surface area contributed by atoms with Gasteiger partial charge in [-0.05, 0) is 6.92 Å². The summed E-state index contributed by atoms with van der Waals surface area (Å²) in [4.78, 5) is 3.34. The molecule has 3 nitrogen and oxygen atoms in total. The highest BCUT2D eigenvalue weighted by Crippen LogP contribution is 2.17. The molecule has 0 aliphatic rings. The van der Waals surface area contributed by atoms with E-state index in [0.717, 1.165) is 6.07 Å². The monoisotopic (exact) mass is 203 g/mol. The molecular weight excluding hydrogens is 192 g/mol. The van der Waals surface area contributed by atoms with Gasteiger partial charge in [-0.25, -0.2) is 9.37 Å². The van der Waals surface area contributed by atoms with E-state index in [1.54, 1.807) is 0 Å². The number of ether oxygens (including phenoxy) is 2. The molecule has 1 aromatic rings. The second-order valence-electron chi connectivity index (χ2n) is 2.69. The average Bonchev–Trinajstić information content (AvgIpc) is 2.14. The fourth-order valence-electron chi connectivity index (χ4n) is 0.871. The SMILES string of the molecule is COCCOc1cc(F)c(C)nc1F. The number of pyridine rings is 1. The van der Waals surface area contributed by atoms with Gasteiger partial charge in [0.05, 0.1) is 12.3 Å². The Bertz CT molecular complexity index is 318. The third-order valence-electron chi connectivity index (χ3n) is 1.62. The van der Waals surface area contributed by atoms with Gasteiger partial charge < -0.3 is 9.47 Å². The first kappa shape index (κ1) is 10.8. The summed E-state index contributed by atoms with van der Waals surface area (Å²) in [6.07, 6.45) is 0. The van der Waals surface area contributed by atoms with Gasteiger partial charge in [0.25, 0.3) is 5.95 Å². The normalized spacial score (nSPS) is 10.3. The molecule has 0 atom stereocenters. The van der Waals surface area contributed by atoms with Gasteiger partial charge >= 0.3 is 0 Å². The van der Waals surface area contributed by atoms with Crippen molar-refractivity contribution in [2.75, 3.05) is 20.3 Å². The first-order valence-electron chi connectivity index (χ1n) is 4.09. The molecule has 0 saturated heterocycles. The highest BCUT2D eigenvalue weighted by molar-refractivity contribution is 5.22. The van der Waals surface area contributed by atoms with Crippen LogP contribution in [0.3, 0.4) is 0 Å². The van der Waals surface area contributed by atoms with Crippen LogP contribution < -0.4 is 4.74 Å². The molecule has 14 heavy (non-hydrogen) atoms. The van der Waals surface area contributed by atoms with Gasteiger partial charge in [0.15, 0.2) is 5.75 Å². The second-order valence-corrected chi connectivity index (χ2v) is 2.69. The molecule has 1 rings (SSSR count). The fourth-order valence-corrected chi connectivity index (χ4v) is 0.871. The lowest BCUT2D eigenvalue weighted by Crippen LogP contribution is -2.07. The minimum absolute atomic E-state index is 0.0154. The molecule has 0 aliphatic carbocycles. The van der Waals surface area contributed by atoms with Crippen molar-refractivity contribution >= 4 is 0 Å². The molecule has 1 heterocycles. The molecule has 0 aliphatic heterocycles. The van der Waals surface area contributed by atoms with Crippen molar-refractivity contribution in [1.29, 1.82) is 0 Å². The van der Waals surface area contributed by atoms with Crippen molar-refractivity contribution < 1.29 is 18.3 Å². The number of hydrogen-bond donors (Lipinski definition) is 0. The number of aryl methyl sites for hydroxylation is 1. The molecule has 78 valence electrons. The summed E-state index contributed by atoms with van der Waals surface area (Å²) in [6.45, 7) is 1.86. The topological polar surface area (TPSA) is 31.4 Å². The van der Waals surface area contributed by atoms with Crippen molar-refractivity contribution in [3.8, 4) is 5.75 Å². The van der Waals surface area contributed by atoms with Crippen molar-refractivity contribution in [1.82, 2.24) is 4.98 Å². The summed E-state index contributed by atoms with van der Waals surface area (Å²) in [7, 11) is 1.49. The van der Waals surface area contributed by atoms with Gasteiger partial charge in [-0.2, -0.15) is 4.39 Å². The third kappa shape index (κ3) is 2.63. The Morgan fingerprint density at radius 1 is 1.36 bits per heavy atom. The predicted octanol–water partition coefficient (Wildman–Crippen LogP) is 1.69. The minimum Gasteiger partial charge on any atom is -0.486 e. The Hall–Kier alpha value is -1.23. The number of aromatic nitrogens is 1. The lowest BCUT2D eigenvalue weighted by molar-refractivity contribution is 0.143. The summed E-state index contributed by atoms with van der Waals surface area (Å²) in [5, 5.41) is 0. The van der Waals surface area contributed by atoms with Gasteiger partial charge in [0, 0.05) is 13.2 Å². The quantitative estimate of drug-likeness (QED) is 0.551. The van der Waals surface area contributed by atoms with E-state index in [1.165, 1.54) is 14.0 Å². The highest BCUT2D eigenvalue weighted by Gasteiger charge is 2.09. The zero-order valence-corrected chi connectivity index (χ0v) is 8.01. The maximum Gasteiger partial charge on any atom is 0.255 e. The van der Waals surface area contributed by atoms with Crippen molar-refractivity contribution in [2.45, 2.75) is 6.92 Å². The number of methoxy groups -OCH3 is 1. The fraction of sp³-hybridized carbons (Fsp3) is 0.444. The molecule has 1 aromatic heterocycles. The minimum atomic E-state index is -0.806. The summed E-state index contributed by atoms with van der Waals surface area (Å²) < 4.78 is 35.5. The van der Waals surface area contributed by atoms with E-state index in [0.29, 0.717) is 6.61 Å². The number of rotatable bonds is 4. The van der Waals surface area contributed by atoms with Crippen LogP contribution in [0.15, 0.2) is 6.07 Å². The van der Waals surface area contributed by atoms with Gasteiger partial charge in [-0.3, -0.25) is 0 Å². The standard InChI is InChI=1S/C9H11F2NO2/c1-6-7(10)5-8(9(11)12-6)14-4-3-13-2/h5H,3-4H2,1-2H3. The van der Waals surface area contributed by atoms with E-state index in [-0.39, 0.29) is 18.1 Å². The predicted molar refractivity (Wildman–Crippen MR) is 46.3 cm³/mol. The molecule has 0 unspecified atom stereocenters. The molecule has 0 radical (unpaired) electrons. The van der Waals surface area contributed by atoms with Gasteiger partial charge in [0.2, 0.25) is 0 Å². The van der Waals surface area contributed by atoms with E-state index in [1.807, 2.05) is 0 Å². The summed E-state index contributed by atoms with van der Waals surface area (Å²) in [5.41, 5.74) is 0.0154. The molecule has 0 amide bonds. The molecule has 0 fully saturated rings. The Kier molecular flexibility index (Phi) is 3.76. The molecular formula is C9H11F2NO2. The molecule has 0 N–H and O–H groups in total. The molecule has 5 heteroatoms. The summed E-state index contributed by atoms with van der Waals surface area (Å²) in [6, 6.07) is 0.979. The van der Waals surface area contributed by atoms with Crippen LogP contribution in [0.25, 0.3) is 0 Å². The van der Waals surface area contributed by atoms with Crippen LogP contribution in [0.1, 0.15) is 5.69 Å². The second kappa shape index (κ2) is 4.85. The number of nitrogens with zero attached hydrogens (tertiary/aromatic N) is 1. The van der Waals surface area contributed by atoms with Gasteiger partial charge in [-0.1, -0.05) is 0 Å². The molecule has 0 spiro atoms. The largest absolute Gasteiger partial charge is 0.486 e. The van der Waals surface area contributed by atoms with Gasteiger partial charge in [-0.15, -0.1) is 0 Å². The zero-order valence-electron chi connectivity index (χ0n) is 8.01. The first-order chi connectivity index (χ1) is 6.65. The highest BCUT2D eigenvalue weighted by atomic mass is 19.1. The van der Waals surface area contributed by atoms with Crippen molar-refractivity contribution in [3.05, 3.63) is 23.5 Å².